The molecule has 2 rings (SSSR count). The van der Waals surface area contributed by atoms with Crippen LogP contribution in [-0.4, -0.2) is 31.7 Å². The average Bonchev–Trinajstić information content (AvgIpc) is 2.86. The molecule has 6 heteroatoms. The molecule has 0 saturated heterocycles. The fourth-order valence-electron chi connectivity index (χ4n) is 1.16. The van der Waals surface area contributed by atoms with Crippen molar-refractivity contribution in [2.45, 2.75) is 13.0 Å². The van der Waals surface area contributed by atoms with E-state index in [4.69, 9.17) is 0 Å². The Morgan fingerprint density at radius 2 is 2.29 bits per heavy atom. The van der Waals surface area contributed by atoms with Crippen molar-refractivity contribution < 1.29 is 0 Å². The third kappa shape index (κ3) is 2.40. The van der Waals surface area contributed by atoms with Crippen molar-refractivity contribution in [2.24, 2.45) is 0 Å². The number of hydrogen-bond acceptors (Lipinski definition) is 4. The number of rotatable bonds is 5. The number of nitrogens with one attached hydrogen (secondary N) is 3. The minimum absolute atomic E-state index is 0.751. The molecule has 6 nitrogen and oxygen atoms in total. The monoisotopic (exact) mass is 192 g/mol. The Morgan fingerprint density at radius 3 is 3.00 bits per heavy atom. The molecule has 0 amide bonds. The molecule has 0 aliphatic heterocycles. The first-order valence-corrected chi connectivity index (χ1v) is 4.48. The summed E-state index contributed by atoms with van der Waals surface area (Å²) >= 11 is 0. The Kier molecular flexibility index (Phi) is 2.87. The van der Waals surface area contributed by atoms with Gasteiger partial charge in [-0.2, -0.15) is 5.10 Å². The van der Waals surface area contributed by atoms with Crippen molar-refractivity contribution >= 4 is 0 Å². The van der Waals surface area contributed by atoms with Crippen LogP contribution in [0.3, 0.4) is 0 Å². The number of imidazole rings is 1. The first-order valence-electron chi connectivity index (χ1n) is 4.48. The van der Waals surface area contributed by atoms with Gasteiger partial charge in [0.05, 0.1) is 6.54 Å². The number of hydrogen-bond donors (Lipinski definition) is 3. The highest BCUT2D eigenvalue weighted by molar-refractivity contribution is 4.86. The van der Waals surface area contributed by atoms with E-state index in [1.165, 1.54) is 6.33 Å². The van der Waals surface area contributed by atoms with Crippen molar-refractivity contribution in [2.75, 3.05) is 6.54 Å². The van der Waals surface area contributed by atoms with Crippen molar-refractivity contribution in [3.8, 4) is 0 Å². The molecule has 0 saturated carbocycles. The lowest BCUT2D eigenvalue weighted by atomic mass is 10.4. The molecule has 0 aliphatic rings. The Hall–Kier alpha value is -1.69. The zero-order chi connectivity index (χ0) is 9.64. The lowest BCUT2D eigenvalue weighted by Crippen LogP contribution is -2.17. The second-order valence-electron chi connectivity index (χ2n) is 2.89. The van der Waals surface area contributed by atoms with E-state index >= 15 is 0 Å². The van der Waals surface area contributed by atoms with Gasteiger partial charge in [-0.3, -0.25) is 5.10 Å². The van der Waals surface area contributed by atoms with Gasteiger partial charge in [0, 0.05) is 25.4 Å². The Morgan fingerprint density at radius 1 is 1.29 bits per heavy atom. The van der Waals surface area contributed by atoms with E-state index in [0.717, 1.165) is 31.2 Å². The normalized spacial score (nSPS) is 10.6. The Bertz CT molecular complexity index is 302. The highest BCUT2D eigenvalue weighted by Crippen LogP contribution is 1.88. The van der Waals surface area contributed by atoms with Gasteiger partial charge in [-0.15, -0.1) is 0 Å². The summed E-state index contributed by atoms with van der Waals surface area (Å²) in [5.41, 5.74) is 0. The lowest BCUT2D eigenvalue weighted by molar-refractivity contribution is 0.652. The molecular weight excluding hydrogens is 180 g/mol. The second kappa shape index (κ2) is 4.52. The summed E-state index contributed by atoms with van der Waals surface area (Å²) in [7, 11) is 0. The fourth-order valence-corrected chi connectivity index (χ4v) is 1.16. The molecular formula is C8H12N6. The molecule has 2 aromatic heterocycles. The van der Waals surface area contributed by atoms with Gasteiger partial charge in [0.2, 0.25) is 0 Å². The van der Waals surface area contributed by atoms with Gasteiger partial charge in [-0.05, 0) is 0 Å². The van der Waals surface area contributed by atoms with Crippen LogP contribution in [0.5, 0.6) is 0 Å². The standard InChI is InChI=1S/C8H12N6/c1(7-12-6-13-14-7)2-9-5-8-10-3-4-11-8/h3-4,6,9H,1-2,5H2,(H,10,11)(H,12,13,14). The number of nitrogens with zero attached hydrogens (tertiary/aromatic N) is 3. The first kappa shape index (κ1) is 8.89. The SMILES string of the molecule is c1c[nH]c(CNCCc2ncn[nH]2)n1. The smallest absolute Gasteiger partial charge is 0.137 e. The summed E-state index contributed by atoms with van der Waals surface area (Å²) in [6, 6.07) is 0. The van der Waals surface area contributed by atoms with Crippen LogP contribution in [0.2, 0.25) is 0 Å². The minimum Gasteiger partial charge on any atom is -0.348 e. The molecule has 2 aromatic rings. The summed E-state index contributed by atoms with van der Waals surface area (Å²) in [5, 5.41) is 9.82. The Labute approximate surface area is 81.2 Å². The number of aromatic nitrogens is 5. The third-order valence-electron chi connectivity index (χ3n) is 1.85. The second-order valence-corrected chi connectivity index (χ2v) is 2.89. The fraction of sp³-hybridized carbons (Fsp3) is 0.375. The van der Waals surface area contributed by atoms with Crippen LogP contribution in [0.1, 0.15) is 11.6 Å². The predicted octanol–water partition coefficient (Wildman–Crippen LogP) is -0.140. The molecule has 0 atom stereocenters. The molecule has 0 unspecified atom stereocenters. The largest absolute Gasteiger partial charge is 0.348 e. The van der Waals surface area contributed by atoms with Crippen LogP contribution in [0.15, 0.2) is 18.7 Å². The first-order chi connectivity index (χ1) is 6.95. The molecule has 0 bridgehead atoms. The van der Waals surface area contributed by atoms with Crippen LogP contribution in [0.25, 0.3) is 0 Å². The lowest BCUT2D eigenvalue weighted by Gasteiger charge is -1.99. The zero-order valence-corrected chi connectivity index (χ0v) is 7.70. The van der Waals surface area contributed by atoms with Crippen LogP contribution in [0.4, 0.5) is 0 Å². The van der Waals surface area contributed by atoms with Gasteiger partial charge < -0.3 is 10.3 Å². The zero-order valence-electron chi connectivity index (χ0n) is 7.70. The molecule has 0 aliphatic carbocycles. The van der Waals surface area contributed by atoms with Crippen LogP contribution >= 0.6 is 0 Å². The van der Waals surface area contributed by atoms with E-state index in [0.29, 0.717) is 0 Å². The molecule has 3 N–H and O–H groups in total. The van der Waals surface area contributed by atoms with E-state index in [-0.39, 0.29) is 0 Å². The maximum atomic E-state index is 4.10. The molecule has 14 heavy (non-hydrogen) atoms. The summed E-state index contributed by atoms with van der Waals surface area (Å²) in [6.45, 7) is 1.61. The van der Waals surface area contributed by atoms with Gasteiger partial charge in [0.15, 0.2) is 0 Å². The summed E-state index contributed by atoms with van der Waals surface area (Å²) in [6.07, 6.45) is 5.92. The summed E-state index contributed by atoms with van der Waals surface area (Å²) in [5.74, 6) is 1.85. The molecule has 2 heterocycles. The number of aromatic amines is 2. The molecule has 0 spiro atoms. The Balaban J connectivity index is 1.65. The van der Waals surface area contributed by atoms with Gasteiger partial charge in [0.1, 0.15) is 18.0 Å². The van der Waals surface area contributed by atoms with Gasteiger partial charge >= 0.3 is 0 Å². The topological polar surface area (TPSA) is 82.3 Å². The van der Waals surface area contributed by atoms with Gasteiger partial charge in [0.25, 0.3) is 0 Å². The quantitative estimate of drug-likeness (QED) is 0.576. The van der Waals surface area contributed by atoms with E-state index in [2.05, 4.69) is 30.5 Å². The maximum Gasteiger partial charge on any atom is 0.137 e. The van der Waals surface area contributed by atoms with E-state index < -0.39 is 0 Å². The summed E-state index contributed by atoms with van der Waals surface area (Å²) in [4.78, 5) is 11.1. The van der Waals surface area contributed by atoms with Crippen molar-refractivity contribution in [1.82, 2.24) is 30.5 Å². The number of H-pyrrole nitrogens is 2. The molecule has 0 radical (unpaired) electrons. The van der Waals surface area contributed by atoms with Crippen molar-refractivity contribution in [3.63, 3.8) is 0 Å². The van der Waals surface area contributed by atoms with E-state index in [9.17, 15) is 0 Å². The third-order valence-corrected chi connectivity index (χ3v) is 1.85. The van der Waals surface area contributed by atoms with E-state index in [1.807, 2.05) is 6.20 Å². The van der Waals surface area contributed by atoms with E-state index in [1.54, 1.807) is 6.20 Å². The van der Waals surface area contributed by atoms with Gasteiger partial charge in [-0.25, -0.2) is 9.97 Å². The molecule has 0 fully saturated rings. The summed E-state index contributed by atoms with van der Waals surface area (Å²) < 4.78 is 0. The van der Waals surface area contributed by atoms with Crippen molar-refractivity contribution in [1.29, 1.82) is 0 Å². The van der Waals surface area contributed by atoms with Crippen LogP contribution in [-0.2, 0) is 13.0 Å². The molecule has 74 valence electrons. The maximum absolute atomic E-state index is 4.10. The predicted molar refractivity (Wildman–Crippen MR) is 50.4 cm³/mol. The highest BCUT2D eigenvalue weighted by Gasteiger charge is 1.96. The van der Waals surface area contributed by atoms with Crippen LogP contribution < -0.4 is 5.32 Å². The molecule has 0 aromatic carbocycles. The highest BCUT2D eigenvalue weighted by atomic mass is 15.2. The van der Waals surface area contributed by atoms with Crippen molar-refractivity contribution in [3.05, 3.63) is 30.4 Å². The van der Waals surface area contributed by atoms with Crippen LogP contribution in [0, 0.1) is 0 Å². The minimum atomic E-state index is 0.751. The average molecular weight is 192 g/mol. The van der Waals surface area contributed by atoms with Gasteiger partial charge in [-0.1, -0.05) is 0 Å².